The molecule has 1 saturated heterocycles. The lowest BCUT2D eigenvalue weighted by Gasteiger charge is -2.28. The monoisotopic (exact) mass is 326 g/mol. The Labute approximate surface area is 133 Å². The molecule has 1 unspecified atom stereocenters. The van der Waals surface area contributed by atoms with E-state index in [0.29, 0.717) is 12.4 Å². The summed E-state index contributed by atoms with van der Waals surface area (Å²) in [5.41, 5.74) is 0.892. The minimum Gasteiger partial charge on any atom is -0.354 e. The molecule has 0 amide bonds. The zero-order valence-corrected chi connectivity index (χ0v) is 14.5. The summed E-state index contributed by atoms with van der Waals surface area (Å²) in [6.07, 6.45) is 2.87. The molecule has 1 fully saturated rings. The minimum atomic E-state index is -2.90. The Morgan fingerprint density at radius 2 is 2.14 bits per heavy atom. The van der Waals surface area contributed by atoms with Gasteiger partial charge in [0.1, 0.15) is 5.82 Å². The Balaban J connectivity index is 2.18. The molecule has 0 saturated carbocycles. The maximum Gasteiger partial charge on any atom is 0.224 e. The number of rotatable bonds is 7. The van der Waals surface area contributed by atoms with Crippen LogP contribution >= 0.6 is 0 Å². The van der Waals surface area contributed by atoms with Gasteiger partial charge < -0.3 is 10.2 Å². The topological polar surface area (TPSA) is 75.2 Å². The van der Waals surface area contributed by atoms with Crippen LogP contribution in [0.4, 0.5) is 11.8 Å². The lowest BCUT2D eigenvalue weighted by molar-refractivity contribution is 0.599. The summed E-state index contributed by atoms with van der Waals surface area (Å²) >= 11 is 0. The third kappa shape index (κ3) is 4.32. The molecule has 7 heteroatoms. The predicted octanol–water partition coefficient (Wildman–Crippen LogP) is 2.01. The van der Waals surface area contributed by atoms with Crippen molar-refractivity contribution >= 4 is 21.6 Å². The summed E-state index contributed by atoms with van der Waals surface area (Å²) in [5, 5.41) is 3.25. The summed E-state index contributed by atoms with van der Waals surface area (Å²) in [7, 11) is -2.90. The van der Waals surface area contributed by atoms with Crippen LogP contribution in [0.2, 0.25) is 0 Å². The maximum absolute atomic E-state index is 11.7. The van der Waals surface area contributed by atoms with Gasteiger partial charge in [0.2, 0.25) is 5.95 Å². The molecule has 1 aliphatic heterocycles. The van der Waals surface area contributed by atoms with Crippen LogP contribution in [-0.4, -0.2) is 49.0 Å². The van der Waals surface area contributed by atoms with Crippen LogP contribution < -0.4 is 10.2 Å². The van der Waals surface area contributed by atoms with Gasteiger partial charge >= 0.3 is 0 Å². The van der Waals surface area contributed by atoms with Crippen molar-refractivity contribution in [3.63, 3.8) is 0 Å². The number of nitrogens with zero attached hydrogens (tertiary/aromatic N) is 3. The molecule has 0 aliphatic carbocycles. The average Bonchev–Trinajstić information content (AvgIpc) is 2.79. The van der Waals surface area contributed by atoms with Crippen LogP contribution in [0.15, 0.2) is 6.07 Å². The molecule has 1 aliphatic rings. The smallest absolute Gasteiger partial charge is 0.224 e. The molecule has 2 heterocycles. The second-order valence-electron chi connectivity index (χ2n) is 5.81. The Morgan fingerprint density at radius 1 is 1.36 bits per heavy atom. The van der Waals surface area contributed by atoms with Crippen molar-refractivity contribution in [3.05, 3.63) is 11.8 Å². The first-order chi connectivity index (χ1) is 10.4. The number of hydrogen-bond donors (Lipinski definition) is 1. The Bertz CT molecular complexity index is 604. The van der Waals surface area contributed by atoms with E-state index in [0.717, 1.165) is 37.4 Å². The van der Waals surface area contributed by atoms with E-state index in [-0.39, 0.29) is 17.5 Å². The van der Waals surface area contributed by atoms with Gasteiger partial charge in [-0.1, -0.05) is 13.3 Å². The molecular formula is C15H26N4O2S. The van der Waals surface area contributed by atoms with E-state index in [2.05, 4.69) is 27.1 Å². The van der Waals surface area contributed by atoms with E-state index in [1.54, 1.807) is 0 Å². The molecule has 0 aromatic carbocycles. The van der Waals surface area contributed by atoms with Crippen molar-refractivity contribution < 1.29 is 8.42 Å². The Kier molecular flexibility index (Phi) is 5.61. The average molecular weight is 326 g/mol. The van der Waals surface area contributed by atoms with Gasteiger partial charge in [0.05, 0.1) is 11.5 Å². The van der Waals surface area contributed by atoms with Gasteiger partial charge in [-0.25, -0.2) is 13.4 Å². The van der Waals surface area contributed by atoms with E-state index in [4.69, 9.17) is 0 Å². The second kappa shape index (κ2) is 7.26. The number of aryl methyl sites for hydroxylation is 1. The number of nitrogens with one attached hydrogen (secondary N) is 1. The number of hydrogen-bond acceptors (Lipinski definition) is 6. The molecule has 0 radical (unpaired) electrons. The van der Waals surface area contributed by atoms with Gasteiger partial charge in [-0.15, -0.1) is 0 Å². The van der Waals surface area contributed by atoms with Crippen molar-refractivity contribution in [2.75, 3.05) is 34.8 Å². The van der Waals surface area contributed by atoms with Gasteiger partial charge in [0, 0.05) is 30.9 Å². The van der Waals surface area contributed by atoms with E-state index >= 15 is 0 Å². The third-order valence-corrected chi connectivity index (χ3v) is 5.69. The quantitative estimate of drug-likeness (QED) is 0.773. The molecule has 124 valence electrons. The highest BCUT2D eigenvalue weighted by molar-refractivity contribution is 7.91. The molecule has 0 bridgehead atoms. The summed E-state index contributed by atoms with van der Waals surface area (Å²) in [6.45, 7) is 7.71. The number of sulfone groups is 1. The summed E-state index contributed by atoms with van der Waals surface area (Å²) in [4.78, 5) is 11.1. The fourth-order valence-electron chi connectivity index (χ4n) is 2.78. The number of anilines is 2. The fraction of sp³-hybridized carbons (Fsp3) is 0.733. The first kappa shape index (κ1) is 17.0. The summed E-state index contributed by atoms with van der Waals surface area (Å²) < 4.78 is 23.5. The van der Waals surface area contributed by atoms with E-state index in [1.807, 2.05) is 19.9 Å². The Hall–Kier alpha value is -1.37. The molecule has 0 spiro atoms. The molecule has 1 aromatic rings. The lowest BCUT2D eigenvalue weighted by Crippen LogP contribution is -2.37. The number of unbranched alkanes of at least 4 members (excludes halogenated alkanes) is 1. The van der Waals surface area contributed by atoms with Gasteiger partial charge in [0.25, 0.3) is 0 Å². The van der Waals surface area contributed by atoms with Gasteiger partial charge in [0.15, 0.2) is 9.84 Å². The van der Waals surface area contributed by atoms with Crippen molar-refractivity contribution in [1.29, 1.82) is 0 Å². The maximum atomic E-state index is 11.7. The molecular weight excluding hydrogens is 300 g/mol. The summed E-state index contributed by atoms with van der Waals surface area (Å²) in [6, 6.07) is 1.95. The van der Waals surface area contributed by atoms with Crippen LogP contribution in [0.1, 0.15) is 38.8 Å². The minimum absolute atomic E-state index is 0.0211. The van der Waals surface area contributed by atoms with Crippen LogP contribution in [0.3, 0.4) is 0 Å². The van der Waals surface area contributed by atoms with Crippen molar-refractivity contribution in [2.45, 2.75) is 46.1 Å². The van der Waals surface area contributed by atoms with Crippen LogP contribution in [0.25, 0.3) is 0 Å². The highest BCUT2D eigenvalue weighted by Crippen LogP contribution is 2.24. The number of aromatic nitrogens is 2. The van der Waals surface area contributed by atoms with Crippen molar-refractivity contribution in [1.82, 2.24) is 9.97 Å². The van der Waals surface area contributed by atoms with E-state index < -0.39 is 9.84 Å². The van der Waals surface area contributed by atoms with Crippen LogP contribution in [0, 0.1) is 6.92 Å². The molecule has 1 N–H and O–H groups in total. The summed E-state index contributed by atoms with van der Waals surface area (Å²) in [5.74, 6) is 1.95. The van der Waals surface area contributed by atoms with Gasteiger partial charge in [-0.3, -0.25) is 0 Å². The SMILES string of the molecule is CCCCNc1nc(C)cc(N(CC)C2CCS(=O)(=O)C2)n1. The molecule has 1 aromatic heterocycles. The van der Waals surface area contributed by atoms with E-state index in [1.165, 1.54) is 0 Å². The molecule has 1 atom stereocenters. The van der Waals surface area contributed by atoms with E-state index in [9.17, 15) is 8.42 Å². The predicted molar refractivity (Wildman–Crippen MR) is 90.2 cm³/mol. The van der Waals surface area contributed by atoms with Gasteiger partial charge in [-0.05, 0) is 26.7 Å². The van der Waals surface area contributed by atoms with Crippen LogP contribution in [0.5, 0.6) is 0 Å². The fourth-order valence-corrected chi connectivity index (χ4v) is 4.51. The first-order valence-corrected chi connectivity index (χ1v) is 9.84. The third-order valence-electron chi connectivity index (χ3n) is 3.94. The standard InChI is InChI=1S/C15H26N4O2S/c1-4-6-8-16-15-17-12(3)10-14(18-15)19(5-2)13-7-9-22(20,21)11-13/h10,13H,4-9,11H2,1-3H3,(H,16,17,18). The van der Waals surface area contributed by atoms with Crippen molar-refractivity contribution in [3.8, 4) is 0 Å². The lowest BCUT2D eigenvalue weighted by atomic mass is 10.2. The molecule has 2 rings (SSSR count). The molecule has 6 nitrogen and oxygen atoms in total. The largest absolute Gasteiger partial charge is 0.354 e. The molecule has 22 heavy (non-hydrogen) atoms. The zero-order chi connectivity index (χ0) is 16.2. The normalized spacial score (nSPS) is 20.0. The Morgan fingerprint density at radius 3 is 2.73 bits per heavy atom. The first-order valence-electron chi connectivity index (χ1n) is 8.01. The highest BCUT2D eigenvalue weighted by atomic mass is 32.2. The van der Waals surface area contributed by atoms with Crippen LogP contribution in [-0.2, 0) is 9.84 Å². The van der Waals surface area contributed by atoms with Gasteiger partial charge in [-0.2, -0.15) is 4.98 Å². The highest BCUT2D eigenvalue weighted by Gasteiger charge is 2.32. The second-order valence-corrected chi connectivity index (χ2v) is 8.04. The van der Waals surface area contributed by atoms with Crippen molar-refractivity contribution in [2.24, 2.45) is 0 Å². The zero-order valence-electron chi connectivity index (χ0n) is 13.7.